The third kappa shape index (κ3) is 3.93. The van der Waals surface area contributed by atoms with E-state index in [1.807, 2.05) is 5.43 Å². The van der Waals surface area contributed by atoms with E-state index < -0.39 is 34.2 Å². The van der Waals surface area contributed by atoms with Crippen LogP contribution in [0.1, 0.15) is 21.7 Å². The minimum Gasteiger partial charge on any atom is -0.395 e. The van der Waals surface area contributed by atoms with Crippen LogP contribution in [-0.2, 0) is 6.18 Å². The van der Waals surface area contributed by atoms with Crippen molar-refractivity contribution >= 4 is 18.0 Å². The first-order chi connectivity index (χ1) is 10.8. The Hall–Kier alpha value is -3.17. The number of alkyl halides is 3. The molecule has 0 aliphatic carbocycles. The van der Waals surface area contributed by atoms with Crippen LogP contribution in [0.3, 0.4) is 0 Å². The van der Waals surface area contributed by atoms with Crippen molar-refractivity contribution in [3.05, 3.63) is 63.4 Å². The number of nitrogens with zero attached hydrogens (tertiary/aromatic N) is 2. The lowest BCUT2D eigenvalue weighted by Gasteiger charge is -2.08. The van der Waals surface area contributed by atoms with Gasteiger partial charge in [-0.15, -0.1) is 0 Å². The maximum Gasteiger partial charge on any atom is 0.433 e. The molecule has 0 atom stereocenters. The molecule has 1 heterocycles. The highest BCUT2D eigenvalue weighted by Crippen LogP contribution is 2.31. The fourth-order valence-corrected chi connectivity index (χ4v) is 1.63. The summed E-state index contributed by atoms with van der Waals surface area (Å²) in [4.78, 5) is 21.2. The fraction of sp³-hybridized carbons (Fsp3) is 0.0769. The van der Waals surface area contributed by atoms with Gasteiger partial charge in [-0.3, -0.25) is 14.9 Å². The number of benzene rings is 1. The molecule has 0 aliphatic rings. The molecule has 7 nitrogen and oxygen atoms in total. The summed E-state index contributed by atoms with van der Waals surface area (Å²) in [6, 6.07) is 6.68. The maximum absolute atomic E-state index is 12.7. The van der Waals surface area contributed by atoms with Gasteiger partial charge < -0.3 is 4.42 Å². The van der Waals surface area contributed by atoms with E-state index in [2.05, 4.69) is 9.52 Å². The number of carbonyl (C=O) groups is 1. The van der Waals surface area contributed by atoms with Crippen LogP contribution in [0.25, 0.3) is 0 Å². The Bertz CT molecular complexity index is 768. The summed E-state index contributed by atoms with van der Waals surface area (Å²) in [5.74, 6) is -1.96. The largest absolute Gasteiger partial charge is 0.433 e. The van der Waals surface area contributed by atoms with Crippen molar-refractivity contribution in [2.24, 2.45) is 5.10 Å². The normalized spacial score (nSPS) is 11.6. The Labute approximate surface area is 126 Å². The van der Waals surface area contributed by atoms with Gasteiger partial charge in [0.15, 0.2) is 0 Å². The Morgan fingerprint density at radius 1 is 1.26 bits per heavy atom. The zero-order valence-corrected chi connectivity index (χ0v) is 11.2. The second kappa shape index (κ2) is 6.30. The Morgan fingerprint density at radius 3 is 2.57 bits per heavy atom. The number of hydrogen-bond donors (Lipinski definition) is 1. The number of hydrogen-bond acceptors (Lipinski definition) is 5. The van der Waals surface area contributed by atoms with Gasteiger partial charge in [0.1, 0.15) is 4.92 Å². The van der Waals surface area contributed by atoms with Crippen LogP contribution >= 0.6 is 0 Å². The zero-order chi connectivity index (χ0) is 17.0. The Morgan fingerprint density at radius 2 is 1.96 bits per heavy atom. The number of nitrogens with one attached hydrogen (secondary N) is 1. The molecule has 0 fully saturated rings. The molecule has 0 saturated heterocycles. The van der Waals surface area contributed by atoms with E-state index in [-0.39, 0.29) is 5.56 Å². The van der Waals surface area contributed by atoms with E-state index >= 15 is 0 Å². The number of furan rings is 1. The van der Waals surface area contributed by atoms with Crippen LogP contribution in [-0.4, -0.2) is 17.0 Å². The van der Waals surface area contributed by atoms with Gasteiger partial charge in [0.2, 0.25) is 5.76 Å². The number of amides is 1. The first kappa shape index (κ1) is 16.2. The van der Waals surface area contributed by atoms with Crippen LogP contribution in [0.5, 0.6) is 0 Å². The van der Waals surface area contributed by atoms with Crippen molar-refractivity contribution in [3.63, 3.8) is 0 Å². The molecule has 2 rings (SSSR count). The molecule has 1 N–H and O–H groups in total. The maximum atomic E-state index is 12.7. The van der Waals surface area contributed by atoms with Gasteiger partial charge in [-0.2, -0.15) is 18.3 Å². The van der Waals surface area contributed by atoms with Crippen LogP contribution in [0.4, 0.5) is 19.1 Å². The van der Waals surface area contributed by atoms with Gasteiger partial charge in [0.05, 0.1) is 17.8 Å². The van der Waals surface area contributed by atoms with Crippen molar-refractivity contribution in [3.8, 4) is 0 Å². The van der Waals surface area contributed by atoms with Gasteiger partial charge in [-0.1, -0.05) is 18.2 Å². The van der Waals surface area contributed by atoms with E-state index in [1.165, 1.54) is 18.2 Å². The number of hydrazone groups is 1. The molecule has 10 heteroatoms. The van der Waals surface area contributed by atoms with Crippen LogP contribution in [0.15, 0.2) is 45.9 Å². The van der Waals surface area contributed by atoms with Gasteiger partial charge >= 0.3 is 18.0 Å². The molecule has 0 aliphatic heterocycles. The average Bonchev–Trinajstić information content (AvgIpc) is 2.96. The highest BCUT2D eigenvalue weighted by Gasteiger charge is 2.32. The van der Waals surface area contributed by atoms with E-state index in [1.54, 1.807) is 0 Å². The van der Waals surface area contributed by atoms with Crippen molar-refractivity contribution in [2.75, 3.05) is 0 Å². The number of halogens is 3. The van der Waals surface area contributed by atoms with Crippen molar-refractivity contribution in [2.45, 2.75) is 6.18 Å². The second-order valence-corrected chi connectivity index (χ2v) is 4.18. The zero-order valence-electron chi connectivity index (χ0n) is 11.2. The molecule has 1 aromatic carbocycles. The van der Waals surface area contributed by atoms with Gasteiger partial charge in [-0.05, 0) is 12.1 Å². The highest BCUT2D eigenvalue weighted by atomic mass is 19.4. The predicted octanol–water partition coefficient (Wildman–Crippen LogP) is 2.97. The van der Waals surface area contributed by atoms with Crippen LogP contribution in [0, 0.1) is 10.1 Å². The van der Waals surface area contributed by atoms with Crippen molar-refractivity contribution in [1.82, 2.24) is 5.43 Å². The molecule has 0 bridgehead atoms. The minimum atomic E-state index is -4.56. The molecule has 0 saturated carbocycles. The van der Waals surface area contributed by atoms with Crippen LogP contribution < -0.4 is 5.43 Å². The molecule has 1 aromatic heterocycles. The minimum absolute atomic E-state index is 0.245. The van der Waals surface area contributed by atoms with Gasteiger partial charge in [0, 0.05) is 5.56 Å². The third-order valence-electron chi connectivity index (χ3n) is 2.63. The summed E-state index contributed by atoms with van der Waals surface area (Å²) in [5, 5.41) is 13.8. The van der Waals surface area contributed by atoms with Crippen LogP contribution in [0.2, 0.25) is 0 Å². The standard InChI is InChI=1S/C13H8F3N3O4/c14-13(15,16)9-4-2-1-3-8(9)7-17-18-12(20)10-5-6-11(23-10)19(21)22/h1-7H,(H,18,20)/b17-7+. The SMILES string of the molecule is O=C(N/N=C/c1ccccc1C(F)(F)F)c1ccc([N+](=O)[O-])o1. The lowest BCUT2D eigenvalue weighted by molar-refractivity contribution is -0.402. The molecule has 1 amide bonds. The monoisotopic (exact) mass is 327 g/mol. The first-order valence-corrected chi connectivity index (χ1v) is 6.03. The molecular weight excluding hydrogens is 319 g/mol. The predicted molar refractivity (Wildman–Crippen MR) is 71.9 cm³/mol. The fourth-order valence-electron chi connectivity index (χ4n) is 1.63. The molecule has 2 aromatic rings. The lowest BCUT2D eigenvalue weighted by Crippen LogP contribution is -2.17. The highest BCUT2D eigenvalue weighted by molar-refractivity contribution is 5.92. The molecule has 0 unspecified atom stereocenters. The number of carbonyl (C=O) groups excluding carboxylic acids is 1. The molecule has 0 radical (unpaired) electrons. The van der Waals surface area contributed by atoms with Gasteiger partial charge in [-0.25, -0.2) is 5.43 Å². The average molecular weight is 327 g/mol. The smallest absolute Gasteiger partial charge is 0.395 e. The number of rotatable bonds is 4. The third-order valence-corrected chi connectivity index (χ3v) is 2.63. The summed E-state index contributed by atoms with van der Waals surface area (Å²) in [6.07, 6.45) is -3.74. The molecular formula is C13H8F3N3O4. The molecule has 23 heavy (non-hydrogen) atoms. The molecule has 0 spiro atoms. The van der Waals surface area contributed by atoms with E-state index in [4.69, 9.17) is 0 Å². The summed E-state index contributed by atoms with van der Waals surface area (Å²) >= 11 is 0. The molecule has 120 valence electrons. The summed E-state index contributed by atoms with van der Waals surface area (Å²) in [6.45, 7) is 0. The summed E-state index contributed by atoms with van der Waals surface area (Å²) in [5.41, 5.74) is 0.770. The quantitative estimate of drug-likeness (QED) is 0.530. The first-order valence-electron chi connectivity index (χ1n) is 6.03. The van der Waals surface area contributed by atoms with E-state index in [0.717, 1.165) is 24.4 Å². The lowest BCUT2D eigenvalue weighted by atomic mass is 10.1. The number of nitro groups is 1. The Balaban J connectivity index is 2.10. The van der Waals surface area contributed by atoms with Crippen molar-refractivity contribution < 1.29 is 27.3 Å². The van der Waals surface area contributed by atoms with Crippen molar-refractivity contribution in [1.29, 1.82) is 0 Å². The van der Waals surface area contributed by atoms with Gasteiger partial charge in [0.25, 0.3) is 0 Å². The summed E-state index contributed by atoms with van der Waals surface area (Å²) in [7, 11) is 0. The van der Waals surface area contributed by atoms with E-state index in [9.17, 15) is 28.1 Å². The Kier molecular flexibility index (Phi) is 4.44. The second-order valence-electron chi connectivity index (χ2n) is 4.18. The topological polar surface area (TPSA) is 97.7 Å². The summed E-state index contributed by atoms with van der Waals surface area (Å²) < 4.78 is 42.9. The van der Waals surface area contributed by atoms with E-state index in [0.29, 0.717) is 0 Å².